The highest BCUT2D eigenvalue weighted by Crippen LogP contribution is 2.17. The predicted molar refractivity (Wildman–Crippen MR) is 329 cm³/mol. The first-order chi connectivity index (χ1) is 37.0. The van der Waals surface area contributed by atoms with E-state index < -0.39 is 12.1 Å². The van der Waals surface area contributed by atoms with E-state index in [-0.39, 0.29) is 18.5 Å². The van der Waals surface area contributed by atoms with E-state index in [0.29, 0.717) is 19.4 Å². The van der Waals surface area contributed by atoms with E-state index in [4.69, 9.17) is 4.74 Å². The molecule has 0 aromatic heterocycles. The highest BCUT2D eigenvalue weighted by Gasteiger charge is 2.18. The van der Waals surface area contributed by atoms with Crippen molar-refractivity contribution in [3.8, 4) is 0 Å². The first-order valence-corrected chi connectivity index (χ1v) is 33.4. The number of amides is 1. The maximum atomic E-state index is 12.5. The van der Waals surface area contributed by atoms with Gasteiger partial charge in [-0.05, 0) is 89.9 Å². The van der Waals surface area contributed by atoms with Crippen LogP contribution in [-0.4, -0.2) is 47.4 Å². The molecule has 0 saturated carbocycles. The molecule has 0 saturated heterocycles. The van der Waals surface area contributed by atoms with Crippen LogP contribution in [0, 0.1) is 0 Å². The Morgan fingerprint density at radius 2 is 0.667 bits per heavy atom. The van der Waals surface area contributed by atoms with Crippen LogP contribution in [0.5, 0.6) is 0 Å². The molecule has 0 aliphatic heterocycles. The van der Waals surface area contributed by atoms with Crippen LogP contribution in [-0.2, 0) is 14.3 Å². The van der Waals surface area contributed by atoms with Gasteiger partial charge in [-0.15, -0.1) is 0 Å². The molecule has 0 aromatic rings. The van der Waals surface area contributed by atoms with Crippen molar-refractivity contribution in [2.45, 2.75) is 366 Å². The Labute approximate surface area is 467 Å². The maximum absolute atomic E-state index is 12.5. The molecule has 0 radical (unpaired) electrons. The lowest BCUT2D eigenvalue weighted by atomic mass is 10.0. The van der Waals surface area contributed by atoms with Gasteiger partial charge in [-0.25, -0.2) is 0 Å². The van der Waals surface area contributed by atoms with E-state index in [1.54, 1.807) is 6.08 Å². The smallest absolute Gasteiger partial charge is 0.305 e. The average molecular weight is 1050 g/mol. The number of nitrogens with one attached hydrogen (secondary N) is 1. The second-order valence-electron chi connectivity index (χ2n) is 22.8. The quantitative estimate of drug-likeness (QED) is 0.0320. The molecule has 1 amide bonds. The molecular weight excluding hydrogens is 923 g/mol. The number of carbonyl (C=O) groups is 2. The van der Waals surface area contributed by atoms with Crippen molar-refractivity contribution in [2.24, 2.45) is 0 Å². The fraction of sp³-hybridized carbons (Fsp3) is 0.855. The average Bonchev–Trinajstić information content (AvgIpc) is 3.41. The molecule has 0 aliphatic rings. The topological polar surface area (TPSA) is 95.9 Å². The van der Waals surface area contributed by atoms with E-state index in [1.807, 2.05) is 6.08 Å². The number of aliphatic hydroxyl groups excluding tert-OH is 2. The van der Waals surface area contributed by atoms with Crippen LogP contribution in [0.3, 0.4) is 0 Å². The molecule has 0 bridgehead atoms. The van der Waals surface area contributed by atoms with Crippen molar-refractivity contribution >= 4 is 11.9 Å². The van der Waals surface area contributed by atoms with Gasteiger partial charge in [-0.3, -0.25) is 9.59 Å². The van der Waals surface area contributed by atoms with Crippen molar-refractivity contribution in [3.63, 3.8) is 0 Å². The van der Waals surface area contributed by atoms with Gasteiger partial charge >= 0.3 is 5.97 Å². The van der Waals surface area contributed by atoms with Crippen molar-refractivity contribution in [1.29, 1.82) is 0 Å². The van der Waals surface area contributed by atoms with Crippen LogP contribution in [0.4, 0.5) is 0 Å². The molecule has 75 heavy (non-hydrogen) atoms. The molecule has 0 aliphatic carbocycles. The molecule has 3 N–H and O–H groups in total. The molecule has 0 rings (SSSR count). The van der Waals surface area contributed by atoms with Crippen molar-refractivity contribution in [2.75, 3.05) is 13.2 Å². The number of hydrogen-bond acceptors (Lipinski definition) is 5. The van der Waals surface area contributed by atoms with Gasteiger partial charge in [0.05, 0.1) is 25.4 Å². The summed E-state index contributed by atoms with van der Waals surface area (Å²) in [6.07, 6.45) is 83.1. The van der Waals surface area contributed by atoms with E-state index in [2.05, 4.69) is 55.6 Å². The molecule has 0 aromatic carbocycles. The normalized spacial score (nSPS) is 12.9. The number of allylic oxidation sites excluding steroid dienone is 7. The van der Waals surface area contributed by atoms with Crippen molar-refractivity contribution in [3.05, 3.63) is 48.6 Å². The van der Waals surface area contributed by atoms with E-state index in [9.17, 15) is 19.8 Å². The molecule has 6 heteroatoms. The minimum absolute atomic E-state index is 0.00427. The Morgan fingerprint density at radius 1 is 0.373 bits per heavy atom. The minimum atomic E-state index is -0.848. The van der Waals surface area contributed by atoms with Crippen LogP contribution >= 0.6 is 0 Å². The van der Waals surface area contributed by atoms with Crippen LogP contribution in [0.15, 0.2) is 48.6 Å². The standard InChI is InChI=1S/C69H129NO5/c1-3-5-7-9-11-13-15-17-19-29-33-37-41-45-49-53-57-61-67(72)66(65-71)70-68(73)62-58-54-50-46-42-38-34-31-27-25-23-21-22-24-26-28-32-36-40-44-48-52-56-60-64-75-69(74)63-59-55-51-47-43-39-35-30-20-18-16-14-12-10-8-6-4-2/h12,14,18,20,23,25,57,61,66-67,71-72H,3-11,13,15-17,19,21-22,24,26-56,58-60,62-65H2,1-2H3,(H,70,73)/b14-12-,20-18-,25-23-,61-57+. The molecule has 0 heterocycles. The Kier molecular flexibility index (Phi) is 62.5. The zero-order valence-electron chi connectivity index (χ0n) is 50.3. The third-order valence-corrected chi connectivity index (χ3v) is 15.3. The van der Waals surface area contributed by atoms with Gasteiger partial charge in [0.15, 0.2) is 0 Å². The lowest BCUT2D eigenvalue weighted by molar-refractivity contribution is -0.143. The molecule has 2 atom stereocenters. The van der Waals surface area contributed by atoms with Gasteiger partial charge in [0.1, 0.15) is 0 Å². The monoisotopic (exact) mass is 1050 g/mol. The zero-order chi connectivity index (χ0) is 54.3. The third kappa shape index (κ3) is 60.9. The summed E-state index contributed by atoms with van der Waals surface area (Å²) < 4.78 is 5.49. The third-order valence-electron chi connectivity index (χ3n) is 15.3. The summed E-state index contributed by atoms with van der Waals surface area (Å²) in [4.78, 5) is 24.6. The summed E-state index contributed by atoms with van der Waals surface area (Å²) >= 11 is 0. The van der Waals surface area contributed by atoms with E-state index in [0.717, 1.165) is 51.4 Å². The maximum Gasteiger partial charge on any atom is 0.305 e. The van der Waals surface area contributed by atoms with E-state index in [1.165, 1.54) is 276 Å². The van der Waals surface area contributed by atoms with Crippen LogP contribution < -0.4 is 5.32 Å². The molecule has 2 unspecified atom stereocenters. The largest absolute Gasteiger partial charge is 0.466 e. The van der Waals surface area contributed by atoms with Crippen molar-refractivity contribution < 1.29 is 24.5 Å². The van der Waals surface area contributed by atoms with Crippen LogP contribution in [0.2, 0.25) is 0 Å². The molecule has 0 fully saturated rings. The Balaban J connectivity index is 3.43. The number of aliphatic hydroxyl groups is 2. The van der Waals surface area contributed by atoms with Gasteiger partial charge in [0.2, 0.25) is 5.91 Å². The van der Waals surface area contributed by atoms with Gasteiger partial charge in [0.25, 0.3) is 0 Å². The number of esters is 1. The predicted octanol–water partition coefficient (Wildman–Crippen LogP) is 21.3. The van der Waals surface area contributed by atoms with Gasteiger partial charge in [-0.2, -0.15) is 0 Å². The highest BCUT2D eigenvalue weighted by molar-refractivity contribution is 5.76. The fourth-order valence-corrected chi connectivity index (χ4v) is 10.2. The molecular formula is C69H129NO5. The fourth-order valence-electron chi connectivity index (χ4n) is 10.2. The number of unbranched alkanes of at least 4 members (excludes halogenated alkanes) is 45. The summed E-state index contributed by atoms with van der Waals surface area (Å²) in [6.45, 7) is 4.89. The number of carbonyl (C=O) groups excluding carboxylic acids is 2. The van der Waals surface area contributed by atoms with Crippen molar-refractivity contribution in [1.82, 2.24) is 5.32 Å². The highest BCUT2D eigenvalue weighted by atomic mass is 16.5. The zero-order valence-corrected chi connectivity index (χ0v) is 50.3. The molecule has 440 valence electrons. The summed E-state index contributed by atoms with van der Waals surface area (Å²) in [5.41, 5.74) is 0. The van der Waals surface area contributed by atoms with E-state index >= 15 is 0 Å². The number of hydrogen-bond donors (Lipinski definition) is 3. The molecule has 6 nitrogen and oxygen atoms in total. The van der Waals surface area contributed by atoms with Crippen LogP contribution in [0.1, 0.15) is 354 Å². The first kappa shape index (κ1) is 72.8. The minimum Gasteiger partial charge on any atom is -0.466 e. The number of rotatable bonds is 62. The number of ether oxygens (including phenoxy) is 1. The Hall–Kier alpha value is -2.18. The SMILES string of the molecule is CCCCC/C=C\C/C=C\CCCCCCCCCC(=O)OCCCCCCCCCCCCCC/C=C\CCCCCCCCCCC(=O)NC(CO)C(O)/C=C/CCCCCCCCCCCCCCCCC. The summed E-state index contributed by atoms with van der Waals surface area (Å²) in [5.74, 6) is -0.0666. The second kappa shape index (κ2) is 64.3. The lowest BCUT2D eigenvalue weighted by Crippen LogP contribution is -2.45. The molecule has 0 spiro atoms. The lowest BCUT2D eigenvalue weighted by Gasteiger charge is -2.20. The summed E-state index contributed by atoms with van der Waals surface area (Å²) in [7, 11) is 0. The summed E-state index contributed by atoms with van der Waals surface area (Å²) in [6, 6.07) is -0.632. The van der Waals surface area contributed by atoms with Gasteiger partial charge in [-0.1, -0.05) is 300 Å². The second-order valence-corrected chi connectivity index (χ2v) is 22.8. The summed E-state index contributed by atoms with van der Waals surface area (Å²) in [5, 5.41) is 23.2. The van der Waals surface area contributed by atoms with Crippen LogP contribution in [0.25, 0.3) is 0 Å². The first-order valence-electron chi connectivity index (χ1n) is 33.4. The van der Waals surface area contributed by atoms with Gasteiger partial charge in [0, 0.05) is 12.8 Å². The van der Waals surface area contributed by atoms with Gasteiger partial charge < -0.3 is 20.3 Å². The Bertz CT molecular complexity index is 1260. The Morgan fingerprint density at radius 3 is 1.05 bits per heavy atom.